The highest BCUT2D eigenvalue weighted by Crippen LogP contribution is 2.51. The standard InChI is InChI=1S/C41H39N2O7P/c1-4-26-48-40(47)39(51(29-16-8-5-9-17-29,30-18-10-6-11-19-30)31-20-12-7-13-21-31)43-35(42-36(44)32-22-14-15-23-33(32)37(42)45)34(38(43)46)25-24-28-27-49-41(2,3)50-28/h4-23,28,34-35H,1,24-27H2,2-3H3/t28-,34-,35+/m0/s1. The highest BCUT2D eigenvalue weighted by Gasteiger charge is 2.59. The van der Waals surface area contributed by atoms with Gasteiger partial charge in [0.2, 0.25) is 5.91 Å². The highest BCUT2D eigenvalue weighted by molar-refractivity contribution is 7.96. The van der Waals surface area contributed by atoms with Gasteiger partial charge in [-0.25, -0.2) is 4.79 Å². The molecule has 0 spiro atoms. The first-order valence-electron chi connectivity index (χ1n) is 17.0. The number of carbonyl (C=O) groups is 4. The number of carbonyl (C=O) groups excluding carboxylic acids is 4. The maximum Gasteiger partial charge on any atom is 0.356 e. The number of benzene rings is 4. The minimum absolute atomic E-state index is 0.0809. The Morgan fingerprint density at radius 1 is 0.804 bits per heavy atom. The molecule has 4 aromatic rings. The summed E-state index contributed by atoms with van der Waals surface area (Å²) in [6.45, 7) is 4.39. The van der Waals surface area contributed by atoms with Crippen molar-refractivity contribution in [2.75, 3.05) is 13.2 Å². The zero-order valence-corrected chi connectivity index (χ0v) is 29.4. The second-order valence-corrected chi connectivity index (χ2v) is 16.5. The van der Waals surface area contributed by atoms with E-state index in [2.05, 4.69) is 6.58 Å². The van der Waals surface area contributed by atoms with E-state index in [1.54, 1.807) is 24.3 Å². The molecule has 3 heterocycles. The van der Waals surface area contributed by atoms with Crippen LogP contribution in [0.2, 0.25) is 0 Å². The van der Waals surface area contributed by atoms with Crippen LogP contribution >= 0.6 is 6.89 Å². The van der Waals surface area contributed by atoms with E-state index in [-0.39, 0.29) is 35.2 Å². The molecule has 3 aliphatic heterocycles. The Kier molecular flexibility index (Phi) is 9.38. The van der Waals surface area contributed by atoms with Gasteiger partial charge >= 0.3 is 5.97 Å². The second kappa shape index (κ2) is 13.9. The molecule has 2 saturated heterocycles. The number of amides is 3. The second-order valence-electron chi connectivity index (χ2n) is 13.2. The zero-order chi connectivity index (χ0) is 35.8. The van der Waals surface area contributed by atoms with Gasteiger partial charge in [0.25, 0.3) is 11.8 Å². The fourth-order valence-corrected chi connectivity index (χ4v) is 11.8. The van der Waals surface area contributed by atoms with Gasteiger partial charge in [0.15, 0.2) is 5.79 Å². The maximum atomic E-state index is 14.9. The number of rotatable bonds is 11. The van der Waals surface area contributed by atoms with Crippen molar-refractivity contribution in [2.45, 2.75) is 44.7 Å². The summed E-state index contributed by atoms with van der Waals surface area (Å²) in [6, 6.07) is 35.4. The average molecular weight is 703 g/mol. The molecule has 0 aromatic heterocycles. The van der Waals surface area contributed by atoms with Gasteiger partial charge in [0.05, 0.1) is 29.8 Å². The van der Waals surface area contributed by atoms with Gasteiger partial charge in [-0.15, -0.1) is 0 Å². The fourth-order valence-electron chi connectivity index (χ4n) is 7.42. The van der Waals surface area contributed by atoms with Crippen LogP contribution in [0.1, 0.15) is 47.4 Å². The van der Waals surface area contributed by atoms with Gasteiger partial charge in [-0.05, 0) is 54.7 Å². The predicted octanol–water partition coefficient (Wildman–Crippen LogP) is 4.85. The number of fused-ring (bicyclic) bond motifs is 1. The van der Waals surface area contributed by atoms with Crippen LogP contribution < -0.4 is 15.9 Å². The molecule has 7 rings (SSSR count). The van der Waals surface area contributed by atoms with Crippen molar-refractivity contribution in [1.29, 1.82) is 0 Å². The molecule has 3 aliphatic rings. The molecule has 9 nitrogen and oxygen atoms in total. The molecule has 10 heteroatoms. The molecular weight excluding hydrogens is 663 g/mol. The largest absolute Gasteiger partial charge is 0.457 e. The van der Waals surface area contributed by atoms with E-state index in [1.165, 1.54) is 11.0 Å². The summed E-state index contributed by atoms with van der Waals surface area (Å²) in [6.07, 6.45) is 0.814. The van der Waals surface area contributed by atoms with Crippen LogP contribution in [0, 0.1) is 5.92 Å². The van der Waals surface area contributed by atoms with Crippen molar-refractivity contribution in [3.05, 3.63) is 139 Å². The van der Waals surface area contributed by atoms with Crippen molar-refractivity contribution in [3.8, 4) is 0 Å². The Labute approximate surface area is 297 Å². The average Bonchev–Trinajstić information content (AvgIpc) is 3.63. The normalized spacial score (nSPS) is 20.9. The number of likely N-dealkylation sites (tertiary alicyclic amines) is 1. The van der Waals surface area contributed by atoms with Crippen LogP contribution in [-0.4, -0.2) is 70.2 Å². The van der Waals surface area contributed by atoms with Crippen molar-refractivity contribution in [1.82, 2.24) is 9.80 Å². The Hall–Kier alpha value is -5.08. The summed E-state index contributed by atoms with van der Waals surface area (Å²) < 4.78 is 17.7. The SMILES string of the molecule is C=CCOC(=O)C(N1C(=O)[C@@H](CC[C@H]2COC(C)(C)O2)[C@@H]1N1C(=O)c2ccccc2C1=O)=P(c1ccccc1)(c1ccccc1)c1ccccc1. The third-order valence-corrected chi connectivity index (χ3v) is 13.9. The zero-order valence-electron chi connectivity index (χ0n) is 28.5. The van der Waals surface area contributed by atoms with Crippen molar-refractivity contribution in [2.24, 2.45) is 5.92 Å². The van der Waals surface area contributed by atoms with E-state index in [4.69, 9.17) is 14.2 Å². The van der Waals surface area contributed by atoms with Crippen molar-refractivity contribution < 1.29 is 33.4 Å². The van der Waals surface area contributed by atoms with E-state index in [1.807, 2.05) is 105 Å². The Morgan fingerprint density at radius 3 is 1.75 bits per heavy atom. The molecule has 0 unspecified atom stereocenters. The molecule has 0 saturated carbocycles. The van der Waals surface area contributed by atoms with E-state index >= 15 is 0 Å². The number of β-lactam (4-membered cyclic amide) rings is 1. The number of nitrogens with zero attached hydrogens (tertiary/aromatic N) is 2. The lowest BCUT2D eigenvalue weighted by molar-refractivity contribution is -0.159. The Morgan fingerprint density at radius 2 is 1.29 bits per heavy atom. The molecule has 51 heavy (non-hydrogen) atoms. The third kappa shape index (κ3) is 5.95. The molecule has 4 aromatic carbocycles. The summed E-state index contributed by atoms with van der Waals surface area (Å²) in [4.78, 5) is 60.7. The number of hydrogen-bond acceptors (Lipinski definition) is 7. The number of esters is 1. The van der Waals surface area contributed by atoms with Gasteiger partial charge < -0.3 is 14.2 Å². The third-order valence-electron chi connectivity index (χ3n) is 9.63. The van der Waals surface area contributed by atoms with Gasteiger partial charge in [-0.2, -0.15) is 0 Å². The fraction of sp³-hybridized carbons (Fsp3) is 0.244. The van der Waals surface area contributed by atoms with Crippen LogP contribution in [0.3, 0.4) is 0 Å². The first-order chi connectivity index (χ1) is 24.7. The minimum atomic E-state index is -3.27. The summed E-state index contributed by atoms with van der Waals surface area (Å²) in [5.41, 5.74) is 0.582. The van der Waals surface area contributed by atoms with E-state index in [0.717, 1.165) is 20.8 Å². The lowest BCUT2D eigenvalue weighted by Gasteiger charge is -2.52. The predicted molar refractivity (Wildman–Crippen MR) is 197 cm³/mol. The van der Waals surface area contributed by atoms with Crippen LogP contribution in [0.15, 0.2) is 128 Å². The highest BCUT2D eigenvalue weighted by atomic mass is 31.2. The maximum absolute atomic E-state index is 14.9. The molecular formula is C41H39N2O7P. The molecule has 3 amide bonds. The lowest BCUT2D eigenvalue weighted by Crippen LogP contribution is -2.72. The molecule has 2 fully saturated rings. The monoisotopic (exact) mass is 702 g/mol. The van der Waals surface area contributed by atoms with Gasteiger partial charge in [-0.1, -0.05) is 116 Å². The summed E-state index contributed by atoms with van der Waals surface area (Å²) in [5, 5.41) is 2.39. The summed E-state index contributed by atoms with van der Waals surface area (Å²) >= 11 is 0. The van der Waals surface area contributed by atoms with E-state index in [9.17, 15) is 19.2 Å². The Bertz CT molecular complexity index is 1910. The van der Waals surface area contributed by atoms with Crippen molar-refractivity contribution in [3.63, 3.8) is 0 Å². The van der Waals surface area contributed by atoms with Crippen LogP contribution in [0.25, 0.3) is 0 Å². The first-order valence-corrected chi connectivity index (χ1v) is 18.8. The van der Waals surface area contributed by atoms with Crippen molar-refractivity contribution >= 4 is 51.9 Å². The summed E-state index contributed by atoms with van der Waals surface area (Å²) in [5.74, 6) is -3.73. The van der Waals surface area contributed by atoms with Gasteiger partial charge in [0, 0.05) is 6.89 Å². The molecule has 0 radical (unpaired) electrons. The molecule has 3 atom stereocenters. The molecule has 0 bridgehead atoms. The molecule has 0 aliphatic carbocycles. The molecule has 0 N–H and O–H groups in total. The lowest BCUT2D eigenvalue weighted by atomic mass is 9.86. The van der Waals surface area contributed by atoms with Crippen LogP contribution in [0.5, 0.6) is 0 Å². The van der Waals surface area contributed by atoms with Crippen LogP contribution in [-0.2, 0) is 23.8 Å². The van der Waals surface area contributed by atoms with E-state index in [0.29, 0.717) is 19.4 Å². The topological polar surface area (TPSA) is 102 Å². The molecule has 260 valence electrons. The summed E-state index contributed by atoms with van der Waals surface area (Å²) in [7, 11) is 0. The number of hydrogen-bond donors (Lipinski definition) is 0. The van der Waals surface area contributed by atoms with Gasteiger partial charge in [-0.3, -0.25) is 24.2 Å². The number of imide groups is 1. The van der Waals surface area contributed by atoms with Crippen LogP contribution in [0.4, 0.5) is 0 Å². The minimum Gasteiger partial charge on any atom is -0.457 e. The smallest absolute Gasteiger partial charge is 0.356 e. The number of ether oxygens (including phenoxy) is 3. The quantitative estimate of drug-likeness (QED) is 0.0724. The Balaban J connectivity index is 1.49. The first kappa shape index (κ1) is 34.4. The van der Waals surface area contributed by atoms with E-state index < -0.39 is 42.5 Å². The van der Waals surface area contributed by atoms with Gasteiger partial charge in [0.1, 0.15) is 18.2 Å².